The Labute approximate surface area is 115 Å². The standard InChI is InChI=1S/C14H13NO3S/c1-3-13(17)18-12-5-4-10(6-11(12)7-16)14-15-9(2)8-19-14/h4-8H,3H2,1-2H3. The number of hydrogen-bond donors (Lipinski definition) is 0. The molecule has 98 valence electrons. The van der Waals surface area contributed by atoms with Gasteiger partial charge in [0, 0.05) is 23.1 Å². The molecule has 1 aromatic heterocycles. The Morgan fingerprint density at radius 1 is 1.47 bits per heavy atom. The smallest absolute Gasteiger partial charge is 0.310 e. The minimum atomic E-state index is -0.360. The van der Waals surface area contributed by atoms with Crippen LogP contribution in [-0.2, 0) is 4.79 Å². The summed E-state index contributed by atoms with van der Waals surface area (Å²) in [5.74, 6) is -0.0696. The van der Waals surface area contributed by atoms with Crippen molar-refractivity contribution in [2.75, 3.05) is 0 Å². The van der Waals surface area contributed by atoms with Gasteiger partial charge in [-0.15, -0.1) is 11.3 Å². The van der Waals surface area contributed by atoms with E-state index >= 15 is 0 Å². The summed E-state index contributed by atoms with van der Waals surface area (Å²) in [6.07, 6.45) is 0.952. The van der Waals surface area contributed by atoms with Gasteiger partial charge < -0.3 is 4.74 Å². The number of carbonyl (C=O) groups is 2. The number of rotatable bonds is 4. The van der Waals surface area contributed by atoms with Crippen LogP contribution in [0.2, 0.25) is 0 Å². The monoisotopic (exact) mass is 275 g/mol. The molecule has 0 aliphatic rings. The van der Waals surface area contributed by atoms with Crippen molar-refractivity contribution in [1.82, 2.24) is 4.98 Å². The van der Waals surface area contributed by atoms with Crippen LogP contribution >= 0.6 is 11.3 Å². The molecule has 2 rings (SSSR count). The van der Waals surface area contributed by atoms with Crippen molar-refractivity contribution in [2.24, 2.45) is 0 Å². The lowest BCUT2D eigenvalue weighted by molar-refractivity contribution is -0.134. The van der Waals surface area contributed by atoms with E-state index in [0.29, 0.717) is 17.6 Å². The first-order chi connectivity index (χ1) is 9.13. The molecule has 5 heteroatoms. The molecule has 1 aromatic carbocycles. The first kappa shape index (κ1) is 13.4. The van der Waals surface area contributed by atoms with Crippen molar-refractivity contribution in [3.63, 3.8) is 0 Å². The lowest BCUT2D eigenvalue weighted by atomic mass is 10.1. The van der Waals surface area contributed by atoms with Gasteiger partial charge in [-0.05, 0) is 25.1 Å². The van der Waals surface area contributed by atoms with Crippen LogP contribution in [0.1, 0.15) is 29.4 Å². The molecule has 0 atom stereocenters. The van der Waals surface area contributed by atoms with Crippen LogP contribution in [0.4, 0.5) is 0 Å². The summed E-state index contributed by atoms with van der Waals surface area (Å²) in [7, 11) is 0. The van der Waals surface area contributed by atoms with Gasteiger partial charge in [-0.2, -0.15) is 0 Å². The fraction of sp³-hybridized carbons (Fsp3) is 0.214. The number of nitrogens with zero attached hydrogens (tertiary/aromatic N) is 1. The molecule has 0 spiro atoms. The summed E-state index contributed by atoms with van der Waals surface area (Å²) in [5.41, 5.74) is 2.14. The van der Waals surface area contributed by atoms with Crippen LogP contribution in [0.25, 0.3) is 10.6 Å². The maximum absolute atomic E-state index is 11.3. The molecule has 0 saturated heterocycles. The van der Waals surface area contributed by atoms with Gasteiger partial charge >= 0.3 is 5.97 Å². The molecular weight excluding hydrogens is 262 g/mol. The molecular formula is C14H13NO3S. The van der Waals surface area contributed by atoms with E-state index in [-0.39, 0.29) is 12.4 Å². The largest absolute Gasteiger partial charge is 0.426 e. The molecule has 19 heavy (non-hydrogen) atoms. The highest BCUT2D eigenvalue weighted by Gasteiger charge is 2.10. The number of aromatic nitrogens is 1. The quantitative estimate of drug-likeness (QED) is 0.488. The number of thiazole rings is 1. The van der Waals surface area contributed by atoms with Crippen molar-refractivity contribution >= 4 is 23.6 Å². The van der Waals surface area contributed by atoms with Crippen LogP contribution in [0.3, 0.4) is 0 Å². The second kappa shape index (κ2) is 5.75. The van der Waals surface area contributed by atoms with Gasteiger partial charge in [0.15, 0.2) is 6.29 Å². The van der Waals surface area contributed by atoms with Crippen LogP contribution in [0.15, 0.2) is 23.6 Å². The molecule has 1 heterocycles. The van der Waals surface area contributed by atoms with Crippen LogP contribution in [0, 0.1) is 6.92 Å². The van der Waals surface area contributed by atoms with Crippen molar-refractivity contribution in [3.05, 3.63) is 34.8 Å². The number of hydrogen-bond acceptors (Lipinski definition) is 5. The molecule has 0 unspecified atom stereocenters. The molecule has 0 saturated carbocycles. The lowest BCUT2D eigenvalue weighted by Crippen LogP contribution is -2.07. The zero-order valence-corrected chi connectivity index (χ0v) is 11.5. The van der Waals surface area contributed by atoms with Gasteiger partial charge in [0.1, 0.15) is 10.8 Å². The SMILES string of the molecule is CCC(=O)Oc1ccc(-c2nc(C)cs2)cc1C=O. The molecule has 0 N–H and O–H groups in total. The van der Waals surface area contributed by atoms with Gasteiger partial charge in [0.05, 0.1) is 5.56 Å². The molecule has 4 nitrogen and oxygen atoms in total. The molecule has 0 aliphatic carbocycles. The highest BCUT2D eigenvalue weighted by atomic mass is 32.1. The molecule has 0 amide bonds. The van der Waals surface area contributed by atoms with Crippen molar-refractivity contribution < 1.29 is 14.3 Å². The second-order valence-electron chi connectivity index (χ2n) is 3.99. The molecule has 0 radical (unpaired) electrons. The summed E-state index contributed by atoms with van der Waals surface area (Å²) < 4.78 is 5.09. The fourth-order valence-electron chi connectivity index (χ4n) is 1.55. The zero-order valence-electron chi connectivity index (χ0n) is 10.7. The van der Waals surface area contributed by atoms with E-state index in [9.17, 15) is 9.59 Å². The average molecular weight is 275 g/mol. The van der Waals surface area contributed by atoms with E-state index in [4.69, 9.17) is 4.74 Å². The Hall–Kier alpha value is -2.01. The highest BCUT2D eigenvalue weighted by Crippen LogP contribution is 2.28. The lowest BCUT2D eigenvalue weighted by Gasteiger charge is -2.06. The maximum Gasteiger partial charge on any atom is 0.310 e. The van der Waals surface area contributed by atoms with Gasteiger partial charge in [0.2, 0.25) is 0 Å². The fourth-order valence-corrected chi connectivity index (χ4v) is 2.34. The van der Waals surface area contributed by atoms with Gasteiger partial charge in [-0.25, -0.2) is 4.98 Å². The highest BCUT2D eigenvalue weighted by molar-refractivity contribution is 7.13. The number of aldehydes is 1. The number of carbonyl (C=O) groups excluding carboxylic acids is 2. The first-order valence-electron chi connectivity index (χ1n) is 5.86. The third kappa shape index (κ3) is 3.06. The Morgan fingerprint density at radius 3 is 2.84 bits per heavy atom. The second-order valence-corrected chi connectivity index (χ2v) is 4.85. The molecule has 2 aromatic rings. The summed E-state index contributed by atoms with van der Waals surface area (Å²) in [6.45, 7) is 3.62. The van der Waals surface area contributed by atoms with Gasteiger partial charge in [0.25, 0.3) is 0 Å². The third-order valence-corrected chi connectivity index (χ3v) is 3.52. The molecule has 0 fully saturated rings. The van der Waals surface area contributed by atoms with E-state index in [1.54, 1.807) is 25.1 Å². The van der Waals surface area contributed by atoms with Crippen LogP contribution in [-0.4, -0.2) is 17.2 Å². The van der Waals surface area contributed by atoms with Crippen molar-refractivity contribution in [2.45, 2.75) is 20.3 Å². The number of ether oxygens (including phenoxy) is 1. The van der Waals surface area contributed by atoms with E-state index in [1.165, 1.54) is 11.3 Å². The van der Waals surface area contributed by atoms with E-state index in [1.807, 2.05) is 12.3 Å². The number of aryl methyl sites for hydroxylation is 1. The Morgan fingerprint density at radius 2 is 2.26 bits per heavy atom. The summed E-state index contributed by atoms with van der Waals surface area (Å²) in [4.78, 5) is 26.7. The number of esters is 1. The van der Waals surface area contributed by atoms with E-state index < -0.39 is 0 Å². The molecule has 0 bridgehead atoms. The summed E-state index contributed by atoms with van der Waals surface area (Å²) in [5, 5.41) is 2.79. The predicted molar refractivity (Wildman–Crippen MR) is 73.6 cm³/mol. The molecule has 0 aliphatic heterocycles. The summed E-state index contributed by atoms with van der Waals surface area (Å²) in [6, 6.07) is 5.11. The van der Waals surface area contributed by atoms with Crippen molar-refractivity contribution in [3.8, 4) is 16.3 Å². The third-order valence-electron chi connectivity index (χ3n) is 2.52. The van der Waals surface area contributed by atoms with Gasteiger partial charge in [-0.1, -0.05) is 6.92 Å². The van der Waals surface area contributed by atoms with Crippen molar-refractivity contribution in [1.29, 1.82) is 0 Å². The topological polar surface area (TPSA) is 56.3 Å². The average Bonchev–Trinajstić information content (AvgIpc) is 2.85. The minimum absolute atomic E-state index is 0.270. The van der Waals surface area contributed by atoms with Crippen LogP contribution < -0.4 is 4.74 Å². The Balaban J connectivity index is 2.35. The van der Waals surface area contributed by atoms with Crippen LogP contribution in [0.5, 0.6) is 5.75 Å². The number of benzene rings is 1. The Kier molecular flexibility index (Phi) is 4.06. The summed E-state index contributed by atoms with van der Waals surface area (Å²) >= 11 is 1.51. The van der Waals surface area contributed by atoms with E-state index in [0.717, 1.165) is 16.3 Å². The predicted octanol–water partition coefficient (Wildman–Crippen LogP) is 3.25. The van der Waals surface area contributed by atoms with Gasteiger partial charge in [-0.3, -0.25) is 9.59 Å². The first-order valence-corrected chi connectivity index (χ1v) is 6.74. The maximum atomic E-state index is 11.3. The normalized spacial score (nSPS) is 10.2. The minimum Gasteiger partial charge on any atom is -0.426 e. The Bertz CT molecular complexity index is 619. The van der Waals surface area contributed by atoms with E-state index in [2.05, 4.69) is 4.98 Å². The zero-order chi connectivity index (χ0) is 13.8.